The fourth-order valence-corrected chi connectivity index (χ4v) is 1.57. The van der Waals surface area contributed by atoms with Crippen LogP contribution in [0.5, 0.6) is 0 Å². The Labute approximate surface area is 108 Å². The molecule has 2 aromatic rings. The summed E-state index contributed by atoms with van der Waals surface area (Å²) < 4.78 is 0. The SMILES string of the molecule is Nc1ccc(Cl)c(Nc2ncccc2[N+](=O)[O-])c1. The van der Waals surface area contributed by atoms with Crippen molar-refractivity contribution in [2.75, 3.05) is 11.1 Å². The molecule has 0 unspecified atom stereocenters. The molecule has 0 saturated heterocycles. The van der Waals surface area contributed by atoms with Crippen LogP contribution in [-0.2, 0) is 0 Å². The molecular formula is C11H9ClN4O2. The molecule has 18 heavy (non-hydrogen) atoms. The van der Waals surface area contributed by atoms with Crippen LogP contribution < -0.4 is 11.1 Å². The number of benzene rings is 1. The lowest BCUT2D eigenvalue weighted by atomic mass is 10.2. The van der Waals surface area contributed by atoms with Gasteiger partial charge in [-0.1, -0.05) is 11.6 Å². The van der Waals surface area contributed by atoms with Crippen LogP contribution in [-0.4, -0.2) is 9.91 Å². The van der Waals surface area contributed by atoms with Crippen molar-refractivity contribution in [2.45, 2.75) is 0 Å². The van der Waals surface area contributed by atoms with Gasteiger partial charge in [0, 0.05) is 18.0 Å². The number of rotatable bonds is 3. The molecule has 0 aliphatic heterocycles. The summed E-state index contributed by atoms with van der Waals surface area (Å²) in [5.74, 6) is 0.120. The maximum atomic E-state index is 10.8. The fourth-order valence-electron chi connectivity index (χ4n) is 1.41. The Hall–Kier alpha value is -2.34. The van der Waals surface area contributed by atoms with E-state index in [1.165, 1.54) is 18.3 Å². The molecule has 0 amide bonds. The zero-order valence-electron chi connectivity index (χ0n) is 9.13. The highest BCUT2D eigenvalue weighted by atomic mass is 35.5. The highest BCUT2D eigenvalue weighted by molar-refractivity contribution is 6.33. The number of nitro groups is 1. The molecule has 2 rings (SSSR count). The second-order valence-corrected chi connectivity index (χ2v) is 3.90. The van der Waals surface area contributed by atoms with Crippen LogP contribution in [0.25, 0.3) is 0 Å². The molecule has 0 saturated carbocycles. The molecule has 92 valence electrons. The number of halogens is 1. The van der Waals surface area contributed by atoms with Gasteiger partial charge in [0.1, 0.15) is 0 Å². The molecule has 1 aromatic heterocycles. The number of aromatic nitrogens is 1. The predicted molar refractivity (Wildman–Crippen MR) is 70.0 cm³/mol. The van der Waals surface area contributed by atoms with Gasteiger partial charge in [0.25, 0.3) is 0 Å². The third-order valence-electron chi connectivity index (χ3n) is 2.23. The van der Waals surface area contributed by atoms with E-state index in [-0.39, 0.29) is 11.5 Å². The van der Waals surface area contributed by atoms with E-state index in [2.05, 4.69) is 10.3 Å². The zero-order valence-corrected chi connectivity index (χ0v) is 9.89. The van der Waals surface area contributed by atoms with E-state index in [1.807, 2.05) is 0 Å². The maximum absolute atomic E-state index is 10.8. The normalized spacial score (nSPS) is 10.1. The van der Waals surface area contributed by atoms with Gasteiger partial charge in [-0.25, -0.2) is 4.98 Å². The van der Waals surface area contributed by atoms with Gasteiger partial charge in [-0.05, 0) is 24.3 Å². The minimum Gasteiger partial charge on any atom is -0.399 e. The second-order valence-electron chi connectivity index (χ2n) is 3.49. The largest absolute Gasteiger partial charge is 0.399 e. The van der Waals surface area contributed by atoms with Crippen LogP contribution >= 0.6 is 11.6 Å². The van der Waals surface area contributed by atoms with Crippen LogP contribution in [0.1, 0.15) is 0 Å². The number of nitrogen functional groups attached to an aromatic ring is 1. The third kappa shape index (κ3) is 2.49. The van der Waals surface area contributed by atoms with Crippen molar-refractivity contribution in [3.8, 4) is 0 Å². The van der Waals surface area contributed by atoms with Crippen molar-refractivity contribution in [1.82, 2.24) is 4.98 Å². The number of anilines is 3. The summed E-state index contributed by atoms with van der Waals surface area (Å²) in [6, 6.07) is 7.68. The first-order valence-corrected chi connectivity index (χ1v) is 5.37. The van der Waals surface area contributed by atoms with Crippen LogP contribution in [0.3, 0.4) is 0 Å². The lowest BCUT2D eigenvalue weighted by molar-refractivity contribution is -0.384. The van der Waals surface area contributed by atoms with Gasteiger partial charge >= 0.3 is 5.69 Å². The highest BCUT2D eigenvalue weighted by Gasteiger charge is 2.15. The Morgan fingerprint density at radius 2 is 2.17 bits per heavy atom. The summed E-state index contributed by atoms with van der Waals surface area (Å²) in [4.78, 5) is 14.2. The first-order valence-electron chi connectivity index (χ1n) is 4.99. The molecule has 6 nitrogen and oxygen atoms in total. The smallest absolute Gasteiger partial charge is 0.311 e. The lowest BCUT2D eigenvalue weighted by Crippen LogP contribution is -2.00. The predicted octanol–water partition coefficient (Wildman–Crippen LogP) is 2.97. The second kappa shape index (κ2) is 4.89. The van der Waals surface area contributed by atoms with E-state index in [9.17, 15) is 10.1 Å². The number of nitrogens with two attached hydrogens (primary N) is 1. The van der Waals surface area contributed by atoms with Crippen molar-refractivity contribution in [2.24, 2.45) is 0 Å². The molecule has 1 aromatic carbocycles. The van der Waals surface area contributed by atoms with Gasteiger partial charge in [-0.15, -0.1) is 0 Å². The van der Waals surface area contributed by atoms with Crippen LogP contribution in [0.4, 0.5) is 22.9 Å². The van der Waals surface area contributed by atoms with Crippen LogP contribution in [0.2, 0.25) is 5.02 Å². The molecule has 0 spiro atoms. The van der Waals surface area contributed by atoms with E-state index in [4.69, 9.17) is 17.3 Å². The number of hydrogen-bond donors (Lipinski definition) is 2. The van der Waals surface area contributed by atoms with Crippen molar-refractivity contribution in [3.05, 3.63) is 51.7 Å². The van der Waals surface area contributed by atoms with Crippen LogP contribution in [0, 0.1) is 10.1 Å². The van der Waals surface area contributed by atoms with Gasteiger partial charge in [0.05, 0.1) is 15.6 Å². The Bertz CT molecular complexity index is 603. The molecule has 0 bridgehead atoms. The summed E-state index contributed by atoms with van der Waals surface area (Å²) in [6.07, 6.45) is 1.45. The molecule has 0 aliphatic rings. The summed E-state index contributed by atoms with van der Waals surface area (Å²) >= 11 is 5.96. The molecule has 1 heterocycles. The molecule has 0 atom stereocenters. The van der Waals surface area contributed by atoms with E-state index < -0.39 is 4.92 Å². The van der Waals surface area contributed by atoms with Gasteiger partial charge in [0.15, 0.2) is 0 Å². The van der Waals surface area contributed by atoms with E-state index >= 15 is 0 Å². The Balaban J connectivity index is 2.40. The topological polar surface area (TPSA) is 94.1 Å². The molecular weight excluding hydrogens is 256 g/mol. The van der Waals surface area contributed by atoms with Gasteiger partial charge in [0.2, 0.25) is 5.82 Å². The molecule has 7 heteroatoms. The first-order chi connectivity index (χ1) is 8.58. The zero-order chi connectivity index (χ0) is 13.1. The Morgan fingerprint density at radius 3 is 2.89 bits per heavy atom. The van der Waals surface area contributed by atoms with Crippen LogP contribution in [0.15, 0.2) is 36.5 Å². The number of nitrogens with one attached hydrogen (secondary N) is 1. The van der Waals surface area contributed by atoms with Crippen molar-refractivity contribution >= 4 is 34.5 Å². The lowest BCUT2D eigenvalue weighted by Gasteiger charge is -2.08. The summed E-state index contributed by atoms with van der Waals surface area (Å²) in [7, 11) is 0. The molecule has 0 aliphatic carbocycles. The quantitative estimate of drug-likeness (QED) is 0.505. The van der Waals surface area contributed by atoms with Crippen molar-refractivity contribution in [3.63, 3.8) is 0 Å². The molecule has 0 radical (unpaired) electrons. The first kappa shape index (κ1) is 12.1. The Kier molecular flexibility index (Phi) is 3.29. The average molecular weight is 265 g/mol. The van der Waals surface area contributed by atoms with E-state index in [1.54, 1.807) is 18.2 Å². The van der Waals surface area contributed by atoms with Crippen molar-refractivity contribution in [1.29, 1.82) is 0 Å². The standard InChI is InChI=1S/C11H9ClN4O2/c12-8-4-3-7(13)6-9(8)15-11-10(16(17)18)2-1-5-14-11/h1-6H,13H2,(H,14,15). The Morgan fingerprint density at radius 1 is 1.39 bits per heavy atom. The molecule has 3 N–H and O–H groups in total. The number of hydrogen-bond acceptors (Lipinski definition) is 5. The maximum Gasteiger partial charge on any atom is 0.311 e. The number of pyridine rings is 1. The van der Waals surface area contributed by atoms with Crippen molar-refractivity contribution < 1.29 is 4.92 Å². The minimum absolute atomic E-state index is 0.120. The summed E-state index contributed by atoms with van der Waals surface area (Å²) in [5.41, 5.74) is 6.47. The van der Waals surface area contributed by atoms with Gasteiger partial charge < -0.3 is 11.1 Å². The number of nitrogens with zero attached hydrogens (tertiary/aromatic N) is 2. The monoisotopic (exact) mass is 264 g/mol. The highest BCUT2D eigenvalue weighted by Crippen LogP contribution is 2.30. The van der Waals surface area contributed by atoms with Gasteiger partial charge in [-0.2, -0.15) is 0 Å². The minimum atomic E-state index is -0.518. The third-order valence-corrected chi connectivity index (χ3v) is 2.56. The fraction of sp³-hybridized carbons (Fsp3) is 0. The van der Waals surface area contributed by atoms with Gasteiger partial charge in [-0.3, -0.25) is 10.1 Å². The molecule has 0 fully saturated rings. The summed E-state index contributed by atoms with van der Waals surface area (Å²) in [5, 5.41) is 14.0. The average Bonchev–Trinajstić information content (AvgIpc) is 2.34. The summed E-state index contributed by atoms with van der Waals surface area (Å²) in [6.45, 7) is 0. The van der Waals surface area contributed by atoms with E-state index in [0.29, 0.717) is 16.4 Å². The van der Waals surface area contributed by atoms with E-state index in [0.717, 1.165) is 0 Å².